The Kier molecular flexibility index (Phi) is 4.93. The van der Waals surface area contributed by atoms with Crippen molar-refractivity contribution in [2.45, 2.75) is 12.8 Å². The summed E-state index contributed by atoms with van der Waals surface area (Å²) in [7, 11) is 0. The number of carbonyl (C=O) groups excluding carboxylic acids is 3. The smallest absolute Gasteiger partial charge is 0.244 e. The summed E-state index contributed by atoms with van der Waals surface area (Å²) in [4.78, 5) is 38.6. The van der Waals surface area contributed by atoms with Gasteiger partial charge in [0.05, 0.1) is 17.5 Å². The summed E-state index contributed by atoms with van der Waals surface area (Å²) < 4.78 is 5.83. The minimum Gasteiger partial charge on any atom is -0.455 e. The number of ether oxygens (including phenoxy) is 1. The lowest BCUT2D eigenvalue weighted by molar-refractivity contribution is -0.142. The van der Waals surface area contributed by atoms with Crippen LogP contribution in [0.15, 0.2) is 66.7 Å². The maximum absolute atomic E-state index is 12.5. The molecule has 0 spiro atoms. The second-order valence-corrected chi connectivity index (χ2v) is 6.88. The van der Waals surface area contributed by atoms with E-state index in [9.17, 15) is 14.4 Å². The third-order valence-electron chi connectivity index (χ3n) is 5.03. The first kappa shape index (κ1) is 18.0. The molecule has 0 aromatic heterocycles. The Morgan fingerprint density at radius 2 is 1.54 bits per heavy atom. The summed E-state index contributed by atoms with van der Waals surface area (Å²) >= 11 is 0. The number of allylic oxidation sites excluding steroid dienone is 2. The lowest BCUT2D eigenvalue weighted by Gasteiger charge is -2.16. The van der Waals surface area contributed by atoms with Gasteiger partial charge in [0.15, 0.2) is 5.75 Å². The first-order valence-electron chi connectivity index (χ1n) is 9.25. The zero-order valence-corrected chi connectivity index (χ0v) is 15.2. The monoisotopic (exact) mass is 376 g/mol. The molecule has 2 aliphatic rings. The number of rotatable bonds is 5. The van der Waals surface area contributed by atoms with Crippen LogP contribution in [0.25, 0.3) is 0 Å². The molecule has 1 fully saturated rings. The quantitative estimate of drug-likeness (QED) is 0.641. The minimum absolute atomic E-state index is 0.261. The van der Waals surface area contributed by atoms with Gasteiger partial charge in [-0.1, -0.05) is 42.5 Å². The predicted octanol–water partition coefficient (Wildman–Crippen LogP) is 3.37. The van der Waals surface area contributed by atoms with E-state index >= 15 is 0 Å². The van der Waals surface area contributed by atoms with Crippen LogP contribution < -0.4 is 10.1 Å². The van der Waals surface area contributed by atoms with Crippen molar-refractivity contribution in [3.8, 4) is 11.5 Å². The molecule has 4 rings (SSSR count). The molecule has 0 radical (unpaired) electrons. The van der Waals surface area contributed by atoms with Gasteiger partial charge in [-0.15, -0.1) is 0 Å². The number of hydrogen-bond donors (Lipinski definition) is 1. The molecule has 0 bridgehead atoms. The van der Waals surface area contributed by atoms with Gasteiger partial charge in [0.1, 0.15) is 12.3 Å². The molecular formula is C22H20N2O4. The van der Waals surface area contributed by atoms with Crippen LogP contribution in [0.3, 0.4) is 0 Å². The van der Waals surface area contributed by atoms with Crippen LogP contribution >= 0.6 is 0 Å². The van der Waals surface area contributed by atoms with E-state index in [1.54, 1.807) is 24.3 Å². The number of carbonyl (C=O) groups is 3. The highest BCUT2D eigenvalue weighted by atomic mass is 16.5. The van der Waals surface area contributed by atoms with E-state index in [2.05, 4.69) is 5.32 Å². The Morgan fingerprint density at radius 3 is 2.21 bits per heavy atom. The first-order chi connectivity index (χ1) is 13.6. The van der Waals surface area contributed by atoms with E-state index in [0.717, 1.165) is 4.90 Å². The normalized spacial score (nSPS) is 20.8. The first-order valence-corrected chi connectivity index (χ1v) is 9.25. The van der Waals surface area contributed by atoms with Crippen LogP contribution in [0.4, 0.5) is 5.69 Å². The molecule has 2 atom stereocenters. The molecule has 1 saturated heterocycles. The number of nitrogens with zero attached hydrogens (tertiary/aromatic N) is 1. The number of benzene rings is 2. The molecule has 1 aliphatic carbocycles. The standard InChI is InChI=1S/C22H20N2O4/c25-20(14-24-21(26)16-10-4-5-11-17(16)22(24)27)23-18-12-6-7-13-19(18)28-15-8-2-1-3-9-15/h1-9,12-13,16-17H,10-11,14H2,(H,23,25). The third-order valence-corrected chi connectivity index (χ3v) is 5.03. The fourth-order valence-electron chi connectivity index (χ4n) is 3.63. The van der Waals surface area contributed by atoms with Gasteiger partial charge in [-0.05, 0) is 37.1 Å². The molecule has 28 heavy (non-hydrogen) atoms. The van der Waals surface area contributed by atoms with Gasteiger partial charge in [-0.2, -0.15) is 0 Å². The van der Waals surface area contributed by atoms with Crippen LogP contribution in [0.5, 0.6) is 11.5 Å². The fourth-order valence-corrected chi connectivity index (χ4v) is 3.63. The Balaban J connectivity index is 1.45. The lowest BCUT2D eigenvalue weighted by atomic mass is 9.85. The highest BCUT2D eigenvalue weighted by Crippen LogP contribution is 2.35. The van der Waals surface area contributed by atoms with Crippen LogP contribution in [0.1, 0.15) is 12.8 Å². The molecule has 6 nitrogen and oxygen atoms in total. The molecule has 142 valence electrons. The zero-order chi connectivity index (χ0) is 19.5. The van der Waals surface area contributed by atoms with Crippen molar-refractivity contribution >= 4 is 23.4 Å². The van der Waals surface area contributed by atoms with Crippen molar-refractivity contribution in [2.75, 3.05) is 11.9 Å². The molecule has 3 amide bonds. The molecular weight excluding hydrogens is 356 g/mol. The maximum Gasteiger partial charge on any atom is 0.244 e. The molecule has 1 heterocycles. The molecule has 1 aliphatic heterocycles. The number of imide groups is 1. The summed E-state index contributed by atoms with van der Waals surface area (Å²) in [6, 6.07) is 16.3. The molecule has 6 heteroatoms. The molecule has 2 aromatic carbocycles. The van der Waals surface area contributed by atoms with E-state index < -0.39 is 5.91 Å². The lowest BCUT2D eigenvalue weighted by Crippen LogP contribution is -2.38. The molecule has 2 aromatic rings. The highest BCUT2D eigenvalue weighted by Gasteiger charge is 2.47. The van der Waals surface area contributed by atoms with Gasteiger partial charge in [-0.3, -0.25) is 19.3 Å². The van der Waals surface area contributed by atoms with Crippen molar-refractivity contribution in [2.24, 2.45) is 11.8 Å². The van der Waals surface area contributed by atoms with Gasteiger partial charge < -0.3 is 10.1 Å². The number of fused-ring (bicyclic) bond motifs is 1. The van der Waals surface area contributed by atoms with Gasteiger partial charge in [0.2, 0.25) is 17.7 Å². The van der Waals surface area contributed by atoms with E-state index in [1.807, 2.05) is 42.5 Å². The number of amides is 3. The molecule has 2 unspecified atom stereocenters. The number of para-hydroxylation sites is 3. The Labute approximate surface area is 162 Å². The average Bonchev–Trinajstić information content (AvgIpc) is 2.95. The van der Waals surface area contributed by atoms with Crippen molar-refractivity contribution in [1.29, 1.82) is 0 Å². The third kappa shape index (κ3) is 3.53. The molecule has 0 saturated carbocycles. The topological polar surface area (TPSA) is 75.7 Å². The van der Waals surface area contributed by atoms with E-state index in [1.165, 1.54) is 0 Å². The summed E-state index contributed by atoms with van der Waals surface area (Å²) in [6.45, 7) is -0.287. The summed E-state index contributed by atoms with van der Waals surface area (Å²) in [5.74, 6) is -0.494. The molecule has 1 N–H and O–H groups in total. The van der Waals surface area contributed by atoms with Gasteiger partial charge in [0, 0.05) is 0 Å². The van der Waals surface area contributed by atoms with E-state index in [4.69, 9.17) is 4.74 Å². The summed E-state index contributed by atoms with van der Waals surface area (Å²) in [5, 5.41) is 2.75. The number of hydrogen-bond acceptors (Lipinski definition) is 4. The summed E-state index contributed by atoms with van der Waals surface area (Å²) in [5.41, 5.74) is 0.481. The van der Waals surface area contributed by atoms with Crippen LogP contribution in [0, 0.1) is 11.8 Å². The zero-order valence-electron chi connectivity index (χ0n) is 15.2. The Bertz CT molecular complexity index is 913. The summed E-state index contributed by atoms with van der Waals surface area (Å²) in [6.07, 6.45) is 4.96. The van der Waals surface area contributed by atoms with Crippen LogP contribution in [0.2, 0.25) is 0 Å². The van der Waals surface area contributed by atoms with E-state index in [-0.39, 0.29) is 30.2 Å². The van der Waals surface area contributed by atoms with Crippen LogP contribution in [-0.2, 0) is 14.4 Å². The van der Waals surface area contributed by atoms with Crippen molar-refractivity contribution in [1.82, 2.24) is 4.90 Å². The van der Waals surface area contributed by atoms with Crippen LogP contribution in [-0.4, -0.2) is 29.2 Å². The van der Waals surface area contributed by atoms with Crippen molar-refractivity contribution in [3.05, 3.63) is 66.7 Å². The van der Waals surface area contributed by atoms with Gasteiger partial charge in [-0.25, -0.2) is 0 Å². The minimum atomic E-state index is -0.433. The fraction of sp³-hybridized carbons (Fsp3) is 0.227. The SMILES string of the molecule is O=C(CN1C(=O)C2CC=CCC2C1=O)Nc1ccccc1Oc1ccccc1. The van der Waals surface area contributed by atoms with Crippen molar-refractivity contribution in [3.63, 3.8) is 0 Å². The maximum atomic E-state index is 12.5. The predicted molar refractivity (Wildman–Crippen MR) is 104 cm³/mol. The average molecular weight is 376 g/mol. The Hall–Kier alpha value is -3.41. The van der Waals surface area contributed by atoms with E-state index in [0.29, 0.717) is 30.0 Å². The second kappa shape index (κ2) is 7.68. The highest BCUT2D eigenvalue weighted by molar-refractivity contribution is 6.09. The Morgan fingerprint density at radius 1 is 0.929 bits per heavy atom. The van der Waals surface area contributed by atoms with Gasteiger partial charge in [0.25, 0.3) is 0 Å². The number of anilines is 1. The largest absolute Gasteiger partial charge is 0.455 e. The van der Waals surface area contributed by atoms with Gasteiger partial charge >= 0.3 is 0 Å². The number of likely N-dealkylation sites (tertiary alicyclic amines) is 1. The van der Waals surface area contributed by atoms with Crippen molar-refractivity contribution < 1.29 is 19.1 Å². The second-order valence-electron chi connectivity index (χ2n) is 6.88. The number of nitrogens with one attached hydrogen (secondary N) is 1.